The summed E-state index contributed by atoms with van der Waals surface area (Å²) in [5.41, 5.74) is 0.923. The summed E-state index contributed by atoms with van der Waals surface area (Å²) in [7, 11) is 0. The smallest absolute Gasteiger partial charge is 0.195 e. The number of rotatable bonds is 7. The van der Waals surface area contributed by atoms with Crippen molar-refractivity contribution in [2.75, 3.05) is 18.8 Å². The molecular formula is C20H23FN4S2. The zero-order chi connectivity index (χ0) is 18.5. The summed E-state index contributed by atoms with van der Waals surface area (Å²) >= 11 is 3.50. The molecule has 0 amide bonds. The van der Waals surface area contributed by atoms with Gasteiger partial charge in [0.25, 0.3) is 0 Å². The van der Waals surface area contributed by atoms with E-state index in [0.29, 0.717) is 0 Å². The number of halogens is 1. The Kier molecular flexibility index (Phi) is 6.21. The van der Waals surface area contributed by atoms with Crippen molar-refractivity contribution in [3.05, 3.63) is 58.3 Å². The van der Waals surface area contributed by atoms with E-state index < -0.39 is 0 Å². The quantitative estimate of drug-likeness (QED) is 0.532. The average molecular weight is 403 g/mol. The Morgan fingerprint density at radius 3 is 2.59 bits per heavy atom. The summed E-state index contributed by atoms with van der Waals surface area (Å²) in [6.07, 6.45) is 4.81. The number of hydrogen-bond donors (Lipinski definition) is 0. The van der Waals surface area contributed by atoms with Gasteiger partial charge in [0.05, 0.1) is 6.54 Å². The van der Waals surface area contributed by atoms with E-state index in [0.717, 1.165) is 48.5 Å². The third-order valence-corrected chi connectivity index (χ3v) is 6.63. The van der Waals surface area contributed by atoms with Crippen LogP contribution in [0.15, 0.2) is 46.9 Å². The predicted octanol–water partition coefficient (Wildman–Crippen LogP) is 4.79. The van der Waals surface area contributed by atoms with Crippen molar-refractivity contribution in [1.29, 1.82) is 0 Å². The molecule has 0 N–H and O–H groups in total. The maximum absolute atomic E-state index is 13.4. The molecule has 0 bridgehead atoms. The van der Waals surface area contributed by atoms with E-state index in [4.69, 9.17) is 0 Å². The van der Waals surface area contributed by atoms with Crippen LogP contribution in [-0.4, -0.2) is 38.5 Å². The molecule has 4 rings (SSSR count). The molecule has 2 aromatic heterocycles. The number of hydrogen-bond acceptors (Lipinski definition) is 5. The molecule has 0 radical (unpaired) electrons. The highest BCUT2D eigenvalue weighted by Crippen LogP contribution is 2.25. The molecule has 1 aliphatic rings. The number of aryl methyl sites for hydroxylation is 1. The lowest BCUT2D eigenvalue weighted by molar-refractivity contribution is 0.214. The highest BCUT2D eigenvalue weighted by Gasteiger charge is 2.18. The maximum atomic E-state index is 13.4. The molecule has 142 valence electrons. The Hall–Kier alpha value is -1.70. The zero-order valence-corrected chi connectivity index (χ0v) is 16.8. The first kappa shape index (κ1) is 18.7. The molecule has 1 aliphatic heterocycles. The standard InChI is InChI=1S/C20H23FN4S2/c21-16-6-8-17(9-7-16)25-19(15-24-11-2-1-3-12-24)22-23-20(25)27-14-10-18-5-4-13-26-18/h4-9,13H,1-3,10-12,14-15H2. The van der Waals surface area contributed by atoms with E-state index >= 15 is 0 Å². The first-order valence-electron chi connectivity index (χ1n) is 9.37. The molecule has 27 heavy (non-hydrogen) atoms. The molecule has 4 nitrogen and oxygen atoms in total. The van der Waals surface area contributed by atoms with Gasteiger partial charge in [-0.05, 0) is 68.1 Å². The van der Waals surface area contributed by atoms with Gasteiger partial charge in [-0.1, -0.05) is 24.2 Å². The van der Waals surface area contributed by atoms with Crippen molar-refractivity contribution in [1.82, 2.24) is 19.7 Å². The summed E-state index contributed by atoms with van der Waals surface area (Å²) in [5.74, 6) is 1.65. The molecule has 1 fully saturated rings. The van der Waals surface area contributed by atoms with Crippen molar-refractivity contribution < 1.29 is 4.39 Å². The van der Waals surface area contributed by atoms with Crippen LogP contribution in [0.1, 0.15) is 30.0 Å². The van der Waals surface area contributed by atoms with Gasteiger partial charge < -0.3 is 0 Å². The van der Waals surface area contributed by atoms with Crippen LogP contribution >= 0.6 is 23.1 Å². The van der Waals surface area contributed by atoms with Crippen LogP contribution in [0.25, 0.3) is 5.69 Å². The minimum absolute atomic E-state index is 0.226. The van der Waals surface area contributed by atoms with E-state index in [2.05, 4.69) is 37.2 Å². The second-order valence-corrected chi connectivity index (χ2v) is 8.82. The van der Waals surface area contributed by atoms with Gasteiger partial charge in [0.15, 0.2) is 11.0 Å². The second kappa shape index (κ2) is 8.99. The van der Waals surface area contributed by atoms with Crippen LogP contribution in [0.2, 0.25) is 0 Å². The molecule has 0 spiro atoms. The fourth-order valence-electron chi connectivity index (χ4n) is 3.36. The molecule has 3 heterocycles. The van der Waals surface area contributed by atoms with E-state index in [-0.39, 0.29) is 5.82 Å². The van der Waals surface area contributed by atoms with Crippen LogP contribution in [0, 0.1) is 5.82 Å². The number of likely N-dealkylation sites (tertiary alicyclic amines) is 1. The summed E-state index contributed by atoms with van der Waals surface area (Å²) in [5, 5.41) is 11.9. The molecule has 0 aliphatic carbocycles. The van der Waals surface area contributed by atoms with Crippen molar-refractivity contribution in [3.63, 3.8) is 0 Å². The summed E-state index contributed by atoms with van der Waals surface area (Å²) in [4.78, 5) is 3.82. The average Bonchev–Trinajstić information content (AvgIpc) is 3.34. The normalized spacial score (nSPS) is 15.3. The van der Waals surface area contributed by atoms with Crippen LogP contribution in [-0.2, 0) is 13.0 Å². The number of aromatic nitrogens is 3. The Bertz CT molecular complexity index is 840. The molecule has 1 saturated heterocycles. The maximum Gasteiger partial charge on any atom is 0.195 e. The lowest BCUT2D eigenvalue weighted by atomic mass is 10.1. The van der Waals surface area contributed by atoms with Gasteiger partial charge in [0.1, 0.15) is 5.82 Å². The monoisotopic (exact) mass is 402 g/mol. The van der Waals surface area contributed by atoms with Crippen LogP contribution in [0.4, 0.5) is 4.39 Å². The van der Waals surface area contributed by atoms with Crippen molar-refractivity contribution in [2.45, 2.75) is 37.4 Å². The first-order chi connectivity index (χ1) is 13.3. The SMILES string of the molecule is Fc1ccc(-n2c(CN3CCCCC3)nnc2SCCc2cccs2)cc1. The van der Waals surface area contributed by atoms with Gasteiger partial charge in [-0.3, -0.25) is 9.47 Å². The molecule has 0 saturated carbocycles. The molecule has 3 aromatic rings. The van der Waals surface area contributed by atoms with Crippen LogP contribution in [0.5, 0.6) is 0 Å². The summed E-state index contributed by atoms with van der Waals surface area (Å²) in [6.45, 7) is 3.00. The highest BCUT2D eigenvalue weighted by atomic mass is 32.2. The largest absolute Gasteiger partial charge is 0.296 e. The number of thioether (sulfide) groups is 1. The first-order valence-corrected chi connectivity index (χ1v) is 11.2. The Labute approximate surface area is 167 Å². The van der Waals surface area contributed by atoms with E-state index in [9.17, 15) is 4.39 Å². The third kappa shape index (κ3) is 4.78. The molecule has 7 heteroatoms. The topological polar surface area (TPSA) is 34.0 Å². The van der Waals surface area contributed by atoms with E-state index in [1.807, 2.05) is 12.1 Å². The summed E-state index contributed by atoms with van der Waals surface area (Å²) in [6, 6.07) is 10.9. The molecular weight excluding hydrogens is 379 g/mol. The lowest BCUT2D eigenvalue weighted by Gasteiger charge is -2.26. The minimum Gasteiger partial charge on any atom is -0.296 e. The van der Waals surface area contributed by atoms with Gasteiger partial charge in [-0.25, -0.2) is 4.39 Å². The number of thiophene rings is 1. The zero-order valence-electron chi connectivity index (χ0n) is 15.2. The van der Waals surface area contributed by atoms with E-state index in [1.54, 1.807) is 23.1 Å². The Morgan fingerprint density at radius 1 is 1.04 bits per heavy atom. The van der Waals surface area contributed by atoms with Gasteiger partial charge in [0.2, 0.25) is 0 Å². The van der Waals surface area contributed by atoms with Gasteiger partial charge in [-0.2, -0.15) is 0 Å². The van der Waals surface area contributed by atoms with Gasteiger partial charge in [0, 0.05) is 16.3 Å². The highest BCUT2D eigenvalue weighted by molar-refractivity contribution is 7.99. The van der Waals surface area contributed by atoms with Crippen molar-refractivity contribution in [2.24, 2.45) is 0 Å². The minimum atomic E-state index is -0.226. The number of benzene rings is 1. The molecule has 0 unspecified atom stereocenters. The second-order valence-electron chi connectivity index (χ2n) is 6.73. The molecule has 0 atom stereocenters. The predicted molar refractivity (Wildman–Crippen MR) is 109 cm³/mol. The number of nitrogens with zero attached hydrogens (tertiary/aromatic N) is 4. The van der Waals surface area contributed by atoms with Crippen LogP contribution < -0.4 is 0 Å². The van der Waals surface area contributed by atoms with Gasteiger partial charge >= 0.3 is 0 Å². The number of piperidine rings is 1. The van der Waals surface area contributed by atoms with Crippen molar-refractivity contribution >= 4 is 23.1 Å². The Morgan fingerprint density at radius 2 is 1.85 bits per heavy atom. The van der Waals surface area contributed by atoms with Crippen molar-refractivity contribution in [3.8, 4) is 5.69 Å². The van der Waals surface area contributed by atoms with Gasteiger partial charge in [-0.15, -0.1) is 21.5 Å². The fourth-order valence-corrected chi connectivity index (χ4v) is 5.14. The third-order valence-electron chi connectivity index (χ3n) is 4.76. The lowest BCUT2D eigenvalue weighted by Crippen LogP contribution is -2.30. The fraction of sp³-hybridized carbons (Fsp3) is 0.400. The van der Waals surface area contributed by atoms with Crippen LogP contribution in [0.3, 0.4) is 0 Å². The summed E-state index contributed by atoms with van der Waals surface area (Å²) < 4.78 is 15.5. The Balaban J connectivity index is 1.54. The molecule has 1 aromatic carbocycles. The van der Waals surface area contributed by atoms with E-state index in [1.165, 1.54) is 36.3 Å².